The molecule has 0 saturated carbocycles. The van der Waals surface area contributed by atoms with Crippen LogP contribution in [0.5, 0.6) is 5.75 Å². The summed E-state index contributed by atoms with van der Waals surface area (Å²) in [6.07, 6.45) is 5.12. The first-order valence-corrected chi connectivity index (χ1v) is 9.81. The van der Waals surface area contributed by atoms with Crippen LogP contribution in [0, 0.1) is 11.3 Å². The lowest BCUT2D eigenvalue weighted by Crippen LogP contribution is -2.50. The predicted octanol–water partition coefficient (Wildman–Crippen LogP) is 3.02. The summed E-state index contributed by atoms with van der Waals surface area (Å²) in [5, 5.41) is 9.23. The lowest BCUT2D eigenvalue weighted by atomic mass is 10.1. The molecule has 0 spiro atoms. The summed E-state index contributed by atoms with van der Waals surface area (Å²) in [4.78, 5) is 20.6. The monoisotopic (exact) mass is 378 g/mol. The zero-order chi connectivity index (χ0) is 19.8. The maximum atomic E-state index is 12.5. The smallest absolute Gasteiger partial charge is 0.260 e. The van der Waals surface area contributed by atoms with Gasteiger partial charge in [-0.05, 0) is 42.7 Å². The number of hydrogen-bond donors (Lipinski definition) is 0. The molecule has 0 atom stereocenters. The summed E-state index contributed by atoms with van der Waals surface area (Å²) in [5.74, 6) is 1.40. The van der Waals surface area contributed by atoms with Crippen molar-refractivity contribution in [3.8, 4) is 11.8 Å². The summed E-state index contributed by atoms with van der Waals surface area (Å²) in [6, 6.07) is 13.7. The van der Waals surface area contributed by atoms with Crippen LogP contribution in [-0.4, -0.2) is 48.6 Å². The molecule has 2 aromatic rings. The Bertz CT molecular complexity index is 821. The van der Waals surface area contributed by atoms with Crippen LogP contribution in [0.2, 0.25) is 0 Å². The van der Waals surface area contributed by atoms with Crippen LogP contribution in [0.1, 0.15) is 30.9 Å². The second-order valence-corrected chi connectivity index (χ2v) is 6.89. The van der Waals surface area contributed by atoms with E-state index in [1.807, 2.05) is 12.1 Å². The van der Waals surface area contributed by atoms with Crippen LogP contribution in [0.3, 0.4) is 0 Å². The zero-order valence-corrected chi connectivity index (χ0v) is 16.3. The molecule has 0 unspecified atom stereocenters. The highest BCUT2D eigenvalue weighted by molar-refractivity contribution is 5.78. The Morgan fingerprint density at radius 3 is 2.61 bits per heavy atom. The highest BCUT2D eigenvalue weighted by Crippen LogP contribution is 2.18. The Morgan fingerprint density at radius 2 is 1.93 bits per heavy atom. The maximum absolute atomic E-state index is 12.5. The van der Waals surface area contributed by atoms with E-state index in [-0.39, 0.29) is 12.5 Å². The van der Waals surface area contributed by atoms with Gasteiger partial charge in [-0.2, -0.15) is 5.26 Å². The number of benzene rings is 1. The van der Waals surface area contributed by atoms with Crippen molar-refractivity contribution in [1.82, 2.24) is 9.88 Å². The molecule has 146 valence electrons. The average Bonchev–Trinajstić information content (AvgIpc) is 2.76. The average molecular weight is 378 g/mol. The number of hydrogen-bond acceptors (Lipinski definition) is 5. The van der Waals surface area contributed by atoms with Crippen LogP contribution < -0.4 is 9.64 Å². The molecule has 0 aliphatic carbocycles. The van der Waals surface area contributed by atoms with Crippen molar-refractivity contribution in [1.29, 1.82) is 5.26 Å². The molecular weight excluding hydrogens is 352 g/mol. The van der Waals surface area contributed by atoms with Gasteiger partial charge >= 0.3 is 0 Å². The topological polar surface area (TPSA) is 69.5 Å². The number of aryl methyl sites for hydroxylation is 1. The molecule has 0 radical (unpaired) electrons. The molecule has 28 heavy (non-hydrogen) atoms. The van der Waals surface area contributed by atoms with E-state index in [0.29, 0.717) is 37.6 Å². The SMILES string of the molecule is CCCCc1ccc(OCC(=O)N2CCN(c3ncccc3C#N)CC2)cc1. The molecule has 1 aromatic heterocycles. The predicted molar refractivity (Wildman–Crippen MR) is 108 cm³/mol. The van der Waals surface area contributed by atoms with Crippen LogP contribution in [0.4, 0.5) is 5.82 Å². The molecule has 1 saturated heterocycles. The summed E-state index contributed by atoms with van der Waals surface area (Å²) >= 11 is 0. The van der Waals surface area contributed by atoms with E-state index < -0.39 is 0 Å². The van der Waals surface area contributed by atoms with Crippen LogP contribution in [0.25, 0.3) is 0 Å². The van der Waals surface area contributed by atoms with Gasteiger partial charge in [0.05, 0.1) is 5.56 Å². The van der Waals surface area contributed by atoms with Crippen molar-refractivity contribution < 1.29 is 9.53 Å². The van der Waals surface area contributed by atoms with E-state index in [0.717, 1.165) is 12.2 Å². The highest BCUT2D eigenvalue weighted by atomic mass is 16.5. The van der Waals surface area contributed by atoms with Crippen molar-refractivity contribution >= 4 is 11.7 Å². The Kier molecular flexibility index (Phi) is 6.85. The van der Waals surface area contributed by atoms with Gasteiger partial charge in [-0.25, -0.2) is 4.98 Å². The van der Waals surface area contributed by atoms with Crippen molar-refractivity contribution in [2.24, 2.45) is 0 Å². The van der Waals surface area contributed by atoms with Gasteiger partial charge in [-0.3, -0.25) is 4.79 Å². The number of anilines is 1. The van der Waals surface area contributed by atoms with E-state index in [1.165, 1.54) is 18.4 Å². The number of rotatable bonds is 7. The number of unbranched alkanes of at least 4 members (excludes halogenated alkanes) is 1. The first kappa shape index (κ1) is 19.7. The Hall–Kier alpha value is -3.07. The van der Waals surface area contributed by atoms with Crippen LogP contribution in [0.15, 0.2) is 42.6 Å². The quantitative estimate of drug-likeness (QED) is 0.741. The van der Waals surface area contributed by atoms with Gasteiger partial charge in [-0.15, -0.1) is 0 Å². The minimum absolute atomic E-state index is 0.0174. The number of pyridine rings is 1. The minimum atomic E-state index is -0.0174. The number of amides is 1. The van der Waals surface area contributed by atoms with Gasteiger partial charge in [0.2, 0.25) is 0 Å². The molecule has 0 N–H and O–H groups in total. The Labute approximate surface area is 166 Å². The molecule has 0 bridgehead atoms. The lowest BCUT2D eigenvalue weighted by molar-refractivity contribution is -0.133. The summed E-state index contributed by atoms with van der Waals surface area (Å²) in [7, 11) is 0. The molecule has 6 nitrogen and oxygen atoms in total. The van der Waals surface area contributed by atoms with E-state index >= 15 is 0 Å². The third kappa shape index (κ3) is 5.01. The van der Waals surface area contributed by atoms with Crippen molar-refractivity contribution in [2.45, 2.75) is 26.2 Å². The number of ether oxygens (including phenoxy) is 1. The number of aromatic nitrogens is 1. The van der Waals surface area contributed by atoms with E-state index in [9.17, 15) is 10.1 Å². The van der Waals surface area contributed by atoms with Gasteiger partial charge < -0.3 is 14.5 Å². The Morgan fingerprint density at radius 1 is 1.18 bits per heavy atom. The summed E-state index contributed by atoms with van der Waals surface area (Å²) < 4.78 is 5.67. The first-order valence-electron chi connectivity index (χ1n) is 9.81. The number of piperazine rings is 1. The molecule has 2 heterocycles. The molecule has 1 amide bonds. The van der Waals surface area contributed by atoms with Gasteiger partial charge in [0.25, 0.3) is 5.91 Å². The van der Waals surface area contributed by atoms with E-state index in [1.54, 1.807) is 23.2 Å². The molecular formula is C22H26N4O2. The van der Waals surface area contributed by atoms with E-state index in [2.05, 4.69) is 35.0 Å². The third-order valence-electron chi connectivity index (χ3n) is 4.94. The second-order valence-electron chi connectivity index (χ2n) is 6.89. The lowest BCUT2D eigenvalue weighted by Gasteiger charge is -2.35. The standard InChI is InChI=1S/C22H26N4O2/c1-2-3-5-18-7-9-20(10-8-18)28-17-21(27)25-12-14-26(15-13-25)22-19(16-23)6-4-11-24-22/h4,6-11H,2-3,5,12-15,17H2,1H3. The fourth-order valence-electron chi connectivity index (χ4n) is 3.27. The largest absolute Gasteiger partial charge is 0.484 e. The fraction of sp³-hybridized carbons (Fsp3) is 0.409. The summed E-state index contributed by atoms with van der Waals surface area (Å²) in [6.45, 7) is 4.73. The van der Waals surface area contributed by atoms with Crippen LogP contribution >= 0.6 is 0 Å². The molecule has 6 heteroatoms. The van der Waals surface area contributed by atoms with Crippen molar-refractivity contribution in [3.63, 3.8) is 0 Å². The molecule has 1 fully saturated rings. The van der Waals surface area contributed by atoms with Gasteiger partial charge in [0.15, 0.2) is 6.61 Å². The number of nitriles is 1. The highest BCUT2D eigenvalue weighted by Gasteiger charge is 2.23. The number of carbonyl (C=O) groups excluding carboxylic acids is 1. The van der Waals surface area contributed by atoms with Crippen molar-refractivity contribution in [3.05, 3.63) is 53.7 Å². The van der Waals surface area contributed by atoms with E-state index in [4.69, 9.17) is 4.74 Å². The third-order valence-corrected chi connectivity index (χ3v) is 4.94. The fourth-order valence-corrected chi connectivity index (χ4v) is 3.27. The normalized spacial score (nSPS) is 13.9. The second kappa shape index (κ2) is 9.75. The maximum Gasteiger partial charge on any atom is 0.260 e. The van der Waals surface area contributed by atoms with Crippen molar-refractivity contribution in [2.75, 3.05) is 37.7 Å². The Balaban J connectivity index is 1.47. The van der Waals surface area contributed by atoms with Gasteiger partial charge in [0.1, 0.15) is 17.6 Å². The number of carbonyl (C=O) groups is 1. The zero-order valence-electron chi connectivity index (χ0n) is 16.3. The molecule has 1 aliphatic rings. The van der Waals surface area contributed by atoms with Gasteiger partial charge in [0, 0.05) is 32.4 Å². The van der Waals surface area contributed by atoms with Crippen LogP contribution in [-0.2, 0) is 11.2 Å². The first-order chi connectivity index (χ1) is 13.7. The van der Waals surface area contributed by atoms with Gasteiger partial charge in [-0.1, -0.05) is 25.5 Å². The minimum Gasteiger partial charge on any atom is -0.484 e. The summed E-state index contributed by atoms with van der Waals surface area (Å²) in [5.41, 5.74) is 1.86. The number of nitrogens with zero attached hydrogens (tertiary/aromatic N) is 4. The molecule has 1 aromatic carbocycles. The molecule has 1 aliphatic heterocycles. The molecule has 3 rings (SSSR count).